The van der Waals surface area contributed by atoms with Gasteiger partial charge in [0.25, 0.3) is 5.91 Å². The van der Waals surface area contributed by atoms with E-state index in [1.165, 1.54) is 17.5 Å². The predicted octanol–water partition coefficient (Wildman–Crippen LogP) is 3.99. The number of nitrogens with one attached hydrogen (secondary N) is 2. The molecule has 8 heteroatoms. The van der Waals surface area contributed by atoms with E-state index >= 15 is 0 Å². The summed E-state index contributed by atoms with van der Waals surface area (Å²) in [6.45, 7) is 0.368. The third kappa shape index (κ3) is 4.56. The quantitative estimate of drug-likeness (QED) is 0.418. The first kappa shape index (κ1) is 19.8. The zero-order chi connectivity index (χ0) is 20.9. The summed E-state index contributed by atoms with van der Waals surface area (Å²) in [4.78, 5) is 20.3. The normalized spacial score (nSPS) is 11.8. The second-order valence-electron chi connectivity index (χ2n) is 6.51. The van der Waals surface area contributed by atoms with E-state index in [0.29, 0.717) is 18.0 Å². The molecule has 0 aliphatic rings. The van der Waals surface area contributed by atoms with Crippen molar-refractivity contribution in [2.24, 2.45) is 0 Å². The van der Waals surface area contributed by atoms with Gasteiger partial charge in [0.05, 0.1) is 16.3 Å². The van der Waals surface area contributed by atoms with Gasteiger partial charge < -0.3 is 20.5 Å². The Hall–Kier alpha value is -3.49. The Morgan fingerprint density at radius 1 is 1.13 bits per heavy atom. The van der Waals surface area contributed by atoms with Crippen LogP contribution in [0.15, 0.2) is 66.9 Å². The Bertz CT molecular complexity index is 1160. The fourth-order valence-corrected chi connectivity index (χ4v) is 3.79. The van der Waals surface area contributed by atoms with Crippen molar-refractivity contribution in [2.75, 3.05) is 18.9 Å². The summed E-state index contributed by atoms with van der Waals surface area (Å²) < 4.78 is 6.83. The highest BCUT2D eigenvalue weighted by atomic mass is 32.1. The first-order chi connectivity index (χ1) is 14.6. The van der Waals surface area contributed by atoms with E-state index in [0.717, 1.165) is 20.9 Å². The number of amides is 1. The van der Waals surface area contributed by atoms with Crippen LogP contribution in [0.2, 0.25) is 0 Å². The monoisotopic (exact) mass is 420 g/mol. The van der Waals surface area contributed by atoms with Crippen LogP contribution in [0.3, 0.4) is 0 Å². The molecule has 0 fully saturated rings. The van der Waals surface area contributed by atoms with Crippen LogP contribution in [0, 0.1) is 0 Å². The molecular weight excluding hydrogens is 400 g/mol. The molecule has 2 aromatic carbocycles. The number of ether oxygens (including phenoxy) is 1. The predicted molar refractivity (Wildman–Crippen MR) is 117 cm³/mol. The number of thiazole rings is 1. The highest BCUT2D eigenvalue weighted by Crippen LogP contribution is 2.31. The number of aliphatic hydroxyl groups is 1. The number of carbonyl (C=O) groups is 1. The molecule has 0 bridgehead atoms. The van der Waals surface area contributed by atoms with Crippen molar-refractivity contribution < 1.29 is 14.6 Å². The van der Waals surface area contributed by atoms with Gasteiger partial charge in [-0.05, 0) is 23.8 Å². The van der Waals surface area contributed by atoms with Gasteiger partial charge in [-0.1, -0.05) is 41.7 Å². The van der Waals surface area contributed by atoms with Crippen LogP contribution < -0.4 is 15.4 Å². The van der Waals surface area contributed by atoms with Gasteiger partial charge in [-0.2, -0.15) is 0 Å². The Morgan fingerprint density at radius 3 is 2.73 bits per heavy atom. The maximum atomic E-state index is 11.7. The number of benzene rings is 2. The second-order valence-corrected chi connectivity index (χ2v) is 7.54. The molecule has 0 radical (unpaired) electrons. The molecule has 1 atom stereocenters. The number of aliphatic hydroxyl groups excluding tert-OH is 1. The van der Waals surface area contributed by atoms with E-state index in [9.17, 15) is 9.90 Å². The molecule has 1 amide bonds. The number of hydrogen-bond donors (Lipinski definition) is 3. The molecule has 0 aliphatic carbocycles. The van der Waals surface area contributed by atoms with Crippen LogP contribution in [-0.2, 0) is 0 Å². The molecule has 4 rings (SSSR count). The van der Waals surface area contributed by atoms with Gasteiger partial charge in [0.1, 0.15) is 17.2 Å². The van der Waals surface area contributed by atoms with E-state index in [1.807, 2.05) is 48.5 Å². The van der Waals surface area contributed by atoms with Gasteiger partial charge >= 0.3 is 0 Å². The molecule has 3 N–H and O–H groups in total. The minimum Gasteiger partial charge on any atom is -0.457 e. The van der Waals surface area contributed by atoms with Crippen molar-refractivity contribution in [2.45, 2.75) is 6.10 Å². The summed E-state index contributed by atoms with van der Waals surface area (Å²) in [6, 6.07) is 18.4. The molecule has 7 nitrogen and oxygen atoms in total. The number of carbonyl (C=O) groups excluding carboxylic acids is 1. The lowest BCUT2D eigenvalue weighted by Crippen LogP contribution is -2.18. The third-order valence-corrected chi connectivity index (χ3v) is 5.39. The summed E-state index contributed by atoms with van der Waals surface area (Å²) in [5, 5.41) is 16.8. The van der Waals surface area contributed by atoms with Crippen molar-refractivity contribution in [1.82, 2.24) is 15.3 Å². The fourth-order valence-electron chi connectivity index (χ4n) is 2.88. The van der Waals surface area contributed by atoms with Crippen molar-refractivity contribution in [1.29, 1.82) is 0 Å². The molecule has 152 valence electrons. The molecule has 0 saturated heterocycles. The van der Waals surface area contributed by atoms with E-state index in [4.69, 9.17) is 4.74 Å². The summed E-state index contributed by atoms with van der Waals surface area (Å²) in [5.74, 6) is 0.889. The van der Waals surface area contributed by atoms with Gasteiger partial charge in [0.15, 0.2) is 5.13 Å². The standard InChI is InChI=1S/C22H20N4O3S/c1-23-21(28)18-11-16(9-10-24-18)29-15-7-8-17-20(12-15)30-22(26-17)25-13-19(27)14-5-3-2-4-6-14/h2-12,19,27H,13H2,1H3,(H,23,28)(H,25,26). The van der Waals surface area contributed by atoms with Crippen molar-refractivity contribution in [3.63, 3.8) is 0 Å². The van der Waals surface area contributed by atoms with Crippen LogP contribution in [0.25, 0.3) is 10.2 Å². The number of hydrogen-bond acceptors (Lipinski definition) is 7. The maximum Gasteiger partial charge on any atom is 0.269 e. The molecule has 2 aromatic heterocycles. The van der Waals surface area contributed by atoms with Crippen LogP contribution in [-0.4, -0.2) is 34.6 Å². The topological polar surface area (TPSA) is 96.4 Å². The highest BCUT2D eigenvalue weighted by Gasteiger charge is 2.11. The minimum absolute atomic E-state index is 0.272. The lowest BCUT2D eigenvalue weighted by molar-refractivity contribution is 0.0958. The van der Waals surface area contributed by atoms with E-state index < -0.39 is 6.10 Å². The van der Waals surface area contributed by atoms with Crippen LogP contribution in [0.5, 0.6) is 11.5 Å². The van der Waals surface area contributed by atoms with Gasteiger partial charge in [-0.15, -0.1) is 0 Å². The molecular formula is C22H20N4O3S. The Balaban J connectivity index is 1.45. The van der Waals surface area contributed by atoms with E-state index in [-0.39, 0.29) is 11.6 Å². The molecule has 30 heavy (non-hydrogen) atoms. The number of aromatic nitrogens is 2. The average Bonchev–Trinajstić information content (AvgIpc) is 3.20. The molecule has 0 spiro atoms. The highest BCUT2D eigenvalue weighted by molar-refractivity contribution is 7.22. The summed E-state index contributed by atoms with van der Waals surface area (Å²) in [6.07, 6.45) is 0.920. The smallest absolute Gasteiger partial charge is 0.269 e. The maximum absolute atomic E-state index is 11.7. The fraction of sp³-hybridized carbons (Fsp3) is 0.136. The van der Waals surface area contributed by atoms with Crippen LogP contribution >= 0.6 is 11.3 Å². The molecule has 0 saturated carbocycles. The first-order valence-corrected chi connectivity index (χ1v) is 10.2. The van der Waals surface area contributed by atoms with E-state index in [1.54, 1.807) is 19.2 Å². The van der Waals surface area contributed by atoms with Gasteiger partial charge in [0, 0.05) is 31.9 Å². The second kappa shape index (κ2) is 8.89. The number of rotatable bonds is 7. The Morgan fingerprint density at radius 2 is 1.93 bits per heavy atom. The largest absolute Gasteiger partial charge is 0.457 e. The van der Waals surface area contributed by atoms with Gasteiger partial charge in [-0.3, -0.25) is 9.78 Å². The van der Waals surface area contributed by atoms with Crippen molar-refractivity contribution in [3.05, 3.63) is 78.1 Å². The zero-order valence-corrected chi connectivity index (χ0v) is 17.0. The number of anilines is 1. The average molecular weight is 420 g/mol. The minimum atomic E-state index is -0.613. The van der Waals surface area contributed by atoms with Crippen molar-refractivity contribution in [3.8, 4) is 11.5 Å². The summed E-state index contributed by atoms with van der Waals surface area (Å²) in [7, 11) is 1.56. The third-order valence-electron chi connectivity index (χ3n) is 4.42. The lowest BCUT2D eigenvalue weighted by Gasteiger charge is -2.10. The Kier molecular flexibility index (Phi) is 5.87. The molecule has 2 heterocycles. The molecule has 0 aliphatic heterocycles. The van der Waals surface area contributed by atoms with Gasteiger partial charge in [-0.25, -0.2) is 4.98 Å². The summed E-state index contributed by atoms with van der Waals surface area (Å²) >= 11 is 1.48. The van der Waals surface area contributed by atoms with E-state index in [2.05, 4.69) is 20.6 Å². The SMILES string of the molecule is CNC(=O)c1cc(Oc2ccc3nc(NCC(O)c4ccccc4)sc3c2)ccn1. The van der Waals surface area contributed by atoms with Crippen molar-refractivity contribution >= 4 is 32.6 Å². The number of nitrogens with zero attached hydrogens (tertiary/aromatic N) is 2. The first-order valence-electron chi connectivity index (χ1n) is 9.36. The zero-order valence-electron chi connectivity index (χ0n) is 16.2. The molecule has 1 unspecified atom stereocenters. The van der Waals surface area contributed by atoms with Crippen LogP contribution in [0.4, 0.5) is 5.13 Å². The lowest BCUT2D eigenvalue weighted by atomic mass is 10.1. The van der Waals surface area contributed by atoms with Gasteiger partial charge in [0.2, 0.25) is 0 Å². The summed E-state index contributed by atoms with van der Waals surface area (Å²) in [5.41, 5.74) is 1.98. The van der Waals surface area contributed by atoms with Crippen LogP contribution in [0.1, 0.15) is 22.2 Å². The number of fused-ring (bicyclic) bond motifs is 1. The number of pyridine rings is 1. The Labute approximate surface area is 177 Å². The molecule has 4 aromatic rings.